The first-order chi connectivity index (χ1) is 16.4. The van der Waals surface area contributed by atoms with E-state index in [1.807, 2.05) is 0 Å². The van der Waals surface area contributed by atoms with Gasteiger partial charge in [0.05, 0.1) is 10.6 Å². The molecule has 0 aromatic heterocycles. The molecule has 1 saturated heterocycles. The van der Waals surface area contributed by atoms with Crippen molar-refractivity contribution in [1.29, 1.82) is 0 Å². The maximum absolute atomic E-state index is 13.5. The van der Waals surface area contributed by atoms with Gasteiger partial charge in [0.25, 0.3) is 5.91 Å². The van der Waals surface area contributed by atoms with E-state index < -0.39 is 54.2 Å². The molecule has 35 heavy (non-hydrogen) atoms. The first kappa shape index (κ1) is 26.1. The van der Waals surface area contributed by atoms with Gasteiger partial charge in [-0.3, -0.25) is 14.5 Å². The first-order valence-electron chi connectivity index (χ1n) is 10.3. The van der Waals surface area contributed by atoms with Crippen LogP contribution in [0.15, 0.2) is 42.5 Å². The van der Waals surface area contributed by atoms with Crippen LogP contribution in [0.1, 0.15) is 18.4 Å². The molecule has 1 heterocycles. The lowest BCUT2D eigenvalue weighted by atomic mass is 9.97. The van der Waals surface area contributed by atoms with E-state index in [9.17, 15) is 37.1 Å². The summed E-state index contributed by atoms with van der Waals surface area (Å²) in [6.07, 6.45) is -5.78. The molecule has 2 atom stereocenters. The molecule has 1 fully saturated rings. The van der Waals surface area contributed by atoms with Gasteiger partial charge >= 0.3 is 12.3 Å². The number of carboxylic acid groups (broad SMARTS) is 1. The summed E-state index contributed by atoms with van der Waals surface area (Å²) in [6, 6.07) is 5.83. The molecule has 0 aliphatic carbocycles. The third-order valence-corrected chi connectivity index (χ3v) is 5.52. The van der Waals surface area contributed by atoms with Crippen LogP contribution in [0.5, 0.6) is 5.75 Å². The molecule has 1 aliphatic heterocycles. The molecule has 0 spiro atoms. The number of piperidine rings is 1. The summed E-state index contributed by atoms with van der Waals surface area (Å²) in [7, 11) is 0. The van der Waals surface area contributed by atoms with Crippen LogP contribution < -0.4 is 15.4 Å². The van der Waals surface area contributed by atoms with E-state index in [2.05, 4.69) is 10.6 Å². The van der Waals surface area contributed by atoms with E-state index in [-0.39, 0.29) is 35.8 Å². The van der Waals surface area contributed by atoms with Gasteiger partial charge in [0, 0.05) is 24.3 Å². The highest BCUT2D eigenvalue weighted by Crippen LogP contribution is 2.31. The van der Waals surface area contributed by atoms with E-state index in [1.165, 1.54) is 18.2 Å². The molecule has 8 nitrogen and oxygen atoms in total. The van der Waals surface area contributed by atoms with Crippen molar-refractivity contribution in [2.24, 2.45) is 0 Å². The number of hydrogen-bond acceptors (Lipinski definition) is 4. The Morgan fingerprint density at radius 3 is 2.54 bits per heavy atom. The van der Waals surface area contributed by atoms with Crippen molar-refractivity contribution in [2.45, 2.75) is 31.1 Å². The van der Waals surface area contributed by atoms with Gasteiger partial charge in [0.15, 0.2) is 6.61 Å². The zero-order chi connectivity index (χ0) is 25.8. The Balaban J connectivity index is 1.57. The van der Waals surface area contributed by atoms with E-state index in [1.54, 1.807) is 0 Å². The molecule has 0 unspecified atom stereocenters. The van der Waals surface area contributed by atoms with Gasteiger partial charge in [-0.25, -0.2) is 9.18 Å². The second-order valence-electron chi connectivity index (χ2n) is 7.72. The molecule has 0 bridgehead atoms. The minimum atomic E-state index is -4.60. The number of carbonyl (C=O) groups excluding carboxylic acids is 2. The number of ether oxygens (including phenoxy) is 1. The molecule has 3 N–H and O–H groups in total. The Kier molecular flexibility index (Phi) is 8.05. The van der Waals surface area contributed by atoms with Crippen molar-refractivity contribution < 1.29 is 41.8 Å². The van der Waals surface area contributed by atoms with Crippen LogP contribution >= 0.6 is 11.6 Å². The van der Waals surface area contributed by atoms with Crippen molar-refractivity contribution in [3.63, 3.8) is 0 Å². The number of benzene rings is 2. The lowest BCUT2D eigenvalue weighted by molar-refractivity contribution is -0.137. The molecule has 13 heteroatoms. The largest absolute Gasteiger partial charge is 0.484 e. The third-order valence-electron chi connectivity index (χ3n) is 5.21. The summed E-state index contributed by atoms with van der Waals surface area (Å²) in [4.78, 5) is 37.4. The number of hydrogen-bond donors (Lipinski definition) is 3. The summed E-state index contributed by atoms with van der Waals surface area (Å²) >= 11 is 5.58. The highest BCUT2D eigenvalue weighted by Gasteiger charge is 2.37. The average molecular weight is 518 g/mol. The van der Waals surface area contributed by atoms with Gasteiger partial charge in [-0.05, 0) is 43.2 Å². The number of nitrogens with zero attached hydrogens (tertiary/aromatic N) is 1. The lowest BCUT2D eigenvalue weighted by Crippen LogP contribution is -2.57. The number of nitrogens with one attached hydrogen (secondary N) is 2. The van der Waals surface area contributed by atoms with Gasteiger partial charge in [-0.1, -0.05) is 17.7 Å². The molecular weight excluding hydrogens is 498 g/mol. The SMILES string of the molecule is O=C(COc1ccc(Cl)c(F)c1)N[C@@H]1CC[C@@H](C(=O)Nc2cccc(C(F)(F)F)c2)N(C(=O)O)C1. The van der Waals surface area contributed by atoms with E-state index in [0.29, 0.717) is 0 Å². The smallest absolute Gasteiger partial charge is 0.416 e. The molecule has 3 amide bonds. The third kappa shape index (κ3) is 6.98. The van der Waals surface area contributed by atoms with Crippen LogP contribution in [0.2, 0.25) is 5.02 Å². The molecule has 1 aliphatic rings. The summed E-state index contributed by atoms with van der Waals surface area (Å²) in [5, 5.41) is 14.3. The zero-order valence-electron chi connectivity index (χ0n) is 17.9. The number of rotatable bonds is 6. The monoisotopic (exact) mass is 517 g/mol. The Morgan fingerprint density at radius 1 is 1.14 bits per heavy atom. The zero-order valence-corrected chi connectivity index (χ0v) is 18.7. The second-order valence-corrected chi connectivity index (χ2v) is 8.13. The van der Waals surface area contributed by atoms with Crippen LogP contribution in [-0.2, 0) is 15.8 Å². The van der Waals surface area contributed by atoms with Crippen LogP contribution in [0.3, 0.4) is 0 Å². The summed E-state index contributed by atoms with van der Waals surface area (Å²) in [5.41, 5.74) is -1.08. The summed E-state index contributed by atoms with van der Waals surface area (Å²) < 4.78 is 57.3. The van der Waals surface area contributed by atoms with Crippen molar-refractivity contribution in [3.8, 4) is 5.75 Å². The summed E-state index contributed by atoms with van der Waals surface area (Å²) in [6.45, 7) is -0.693. The number of alkyl halides is 3. The van der Waals surface area contributed by atoms with Crippen molar-refractivity contribution >= 4 is 35.2 Å². The van der Waals surface area contributed by atoms with Gasteiger partial charge in [0.1, 0.15) is 17.6 Å². The summed E-state index contributed by atoms with van der Waals surface area (Å²) in [5.74, 6) is -2.03. The van der Waals surface area contributed by atoms with Gasteiger partial charge in [-0.2, -0.15) is 13.2 Å². The second kappa shape index (κ2) is 10.8. The van der Waals surface area contributed by atoms with Crippen LogP contribution in [0, 0.1) is 5.82 Å². The van der Waals surface area contributed by atoms with Gasteiger partial charge < -0.3 is 20.5 Å². The fraction of sp³-hybridized carbons (Fsp3) is 0.318. The molecule has 0 radical (unpaired) electrons. The lowest BCUT2D eigenvalue weighted by Gasteiger charge is -2.37. The average Bonchev–Trinajstić information content (AvgIpc) is 2.79. The Bertz CT molecular complexity index is 1110. The predicted molar refractivity (Wildman–Crippen MR) is 117 cm³/mol. The van der Waals surface area contributed by atoms with Crippen molar-refractivity contribution in [1.82, 2.24) is 10.2 Å². The first-order valence-corrected chi connectivity index (χ1v) is 10.7. The number of halogens is 5. The van der Waals surface area contributed by atoms with Crippen molar-refractivity contribution in [2.75, 3.05) is 18.5 Å². The molecule has 2 aromatic carbocycles. The number of likely N-dealkylation sites (tertiary alicyclic amines) is 1. The molecular formula is C22H20ClF4N3O5. The normalized spacial score (nSPS) is 18.0. The standard InChI is InChI=1S/C22H20ClF4N3O5/c23-16-6-5-15(9-17(16)24)35-11-19(31)28-14-4-7-18(30(10-14)21(33)34)20(32)29-13-3-1-2-12(8-13)22(25,26)27/h1-3,5-6,8-9,14,18H,4,7,10-11H2,(H,28,31)(H,29,32)(H,33,34)/t14-,18+/m1/s1. The maximum Gasteiger partial charge on any atom is 0.416 e. The van der Waals surface area contributed by atoms with E-state index in [4.69, 9.17) is 16.3 Å². The highest BCUT2D eigenvalue weighted by atomic mass is 35.5. The van der Waals surface area contributed by atoms with Gasteiger partial charge in [-0.15, -0.1) is 0 Å². The maximum atomic E-state index is 13.5. The van der Waals surface area contributed by atoms with Crippen molar-refractivity contribution in [3.05, 3.63) is 58.9 Å². The minimum Gasteiger partial charge on any atom is -0.484 e. The van der Waals surface area contributed by atoms with Crippen LogP contribution in [0.25, 0.3) is 0 Å². The fourth-order valence-corrected chi connectivity index (χ4v) is 3.67. The molecule has 188 valence electrons. The topological polar surface area (TPSA) is 108 Å². The number of carbonyl (C=O) groups is 3. The highest BCUT2D eigenvalue weighted by molar-refractivity contribution is 6.30. The Labute approximate surface area is 201 Å². The molecule has 2 aromatic rings. The fourth-order valence-electron chi connectivity index (χ4n) is 3.56. The number of anilines is 1. The van der Waals surface area contributed by atoms with E-state index >= 15 is 0 Å². The molecule has 0 saturated carbocycles. The quantitative estimate of drug-likeness (QED) is 0.499. The Morgan fingerprint density at radius 2 is 1.89 bits per heavy atom. The van der Waals surface area contributed by atoms with Gasteiger partial charge in [0.2, 0.25) is 5.91 Å². The number of amides is 3. The predicted octanol–water partition coefficient (Wildman–Crippen LogP) is 4.14. The molecule has 3 rings (SSSR count). The Hall–Kier alpha value is -3.54. The van der Waals surface area contributed by atoms with Crippen LogP contribution in [-0.4, -0.2) is 53.1 Å². The van der Waals surface area contributed by atoms with E-state index in [0.717, 1.165) is 29.2 Å². The minimum absolute atomic E-state index is 0.0191. The van der Waals surface area contributed by atoms with Crippen LogP contribution in [0.4, 0.5) is 28.0 Å².